The largest absolute Gasteiger partial charge is 0.377 e. The Morgan fingerprint density at radius 3 is 2.38 bits per heavy atom. The van der Waals surface area contributed by atoms with Gasteiger partial charge in [-0.1, -0.05) is 12.2 Å². The Labute approximate surface area is 60.5 Å². The van der Waals surface area contributed by atoms with Crippen LogP contribution in [-0.2, 0) is 0 Å². The molecule has 0 saturated heterocycles. The summed E-state index contributed by atoms with van der Waals surface area (Å²) in [6, 6.07) is 0. The van der Waals surface area contributed by atoms with Gasteiger partial charge in [-0.2, -0.15) is 0 Å². The van der Waals surface area contributed by atoms with Crippen LogP contribution in [0.4, 0.5) is 0 Å². The van der Waals surface area contributed by atoms with Crippen molar-refractivity contribution in [3.63, 3.8) is 0 Å². The Morgan fingerprint density at radius 1 is 1.38 bits per heavy atom. The molecule has 46 valence electrons. The molecular formula is C6H10BrN. The molecule has 0 atom stereocenters. The Bertz CT molecular complexity index is 107. The van der Waals surface area contributed by atoms with Crippen molar-refractivity contribution in [3.8, 4) is 0 Å². The number of rotatable bonds is 0. The summed E-state index contributed by atoms with van der Waals surface area (Å²) in [5.74, 6) is 0. The lowest BCUT2D eigenvalue weighted by atomic mass is 10.4. The van der Waals surface area contributed by atoms with Crippen molar-refractivity contribution in [1.82, 2.24) is 4.90 Å². The highest BCUT2D eigenvalue weighted by Crippen LogP contribution is 1.91. The van der Waals surface area contributed by atoms with Crippen LogP contribution in [0.1, 0.15) is 0 Å². The number of hydrogen-bond acceptors (Lipinski definition) is 1. The molecule has 0 aromatic heterocycles. The first-order valence-corrected chi connectivity index (χ1v) is 2.43. The van der Waals surface area contributed by atoms with Gasteiger partial charge in [0, 0.05) is 13.6 Å². The van der Waals surface area contributed by atoms with Crippen LogP contribution < -0.4 is 0 Å². The van der Waals surface area contributed by atoms with Gasteiger partial charge in [-0.15, -0.1) is 17.0 Å². The molecule has 0 saturated carbocycles. The Hall–Kier alpha value is -0.240. The van der Waals surface area contributed by atoms with Crippen LogP contribution in [0, 0.1) is 0 Å². The molecule has 0 fully saturated rings. The molecule has 0 aliphatic carbocycles. The van der Waals surface area contributed by atoms with Crippen molar-refractivity contribution in [2.45, 2.75) is 0 Å². The van der Waals surface area contributed by atoms with Crippen molar-refractivity contribution >= 4 is 17.0 Å². The van der Waals surface area contributed by atoms with Gasteiger partial charge in [0.05, 0.1) is 0 Å². The number of halogens is 1. The zero-order chi connectivity index (χ0) is 5.11. The minimum Gasteiger partial charge on any atom is -0.377 e. The summed E-state index contributed by atoms with van der Waals surface area (Å²) in [6.07, 6.45) is 8.27. The second-order valence-corrected chi connectivity index (χ2v) is 1.71. The molecule has 1 nitrogen and oxygen atoms in total. The maximum Gasteiger partial charge on any atom is 0.0353 e. The normalized spacial score (nSPS) is 15.9. The summed E-state index contributed by atoms with van der Waals surface area (Å²) in [4.78, 5) is 2.12. The molecule has 1 heterocycles. The third kappa shape index (κ3) is 2.17. The van der Waals surface area contributed by atoms with E-state index in [-0.39, 0.29) is 17.0 Å². The molecular weight excluding hydrogens is 166 g/mol. The summed E-state index contributed by atoms with van der Waals surface area (Å²) >= 11 is 0. The van der Waals surface area contributed by atoms with Crippen molar-refractivity contribution in [3.05, 3.63) is 24.4 Å². The quantitative estimate of drug-likeness (QED) is 0.541. The van der Waals surface area contributed by atoms with Crippen LogP contribution >= 0.6 is 17.0 Å². The van der Waals surface area contributed by atoms with Gasteiger partial charge in [0.1, 0.15) is 0 Å². The second-order valence-electron chi connectivity index (χ2n) is 1.71. The maximum atomic E-state index is 2.12. The number of likely N-dealkylation sites (N-methyl/N-ethyl adjacent to an activating group) is 1. The fourth-order valence-electron chi connectivity index (χ4n) is 0.563. The highest BCUT2D eigenvalue weighted by molar-refractivity contribution is 8.93. The van der Waals surface area contributed by atoms with E-state index in [9.17, 15) is 0 Å². The van der Waals surface area contributed by atoms with Crippen molar-refractivity contribution < 1.29 is 0 Å². The molecule has 1 aliphatic rings. The van der Waals surface area contributed by atoms with Crippen LogP contribution in [0.5, 0.6) is 0 Å². The number of nitrogens with zero attached hydrogens (tertiary/aromatic N) is 1. The predicted octanol–water partition coefficient (Wildman–Crippen LogP) is 1.58. The molecule has 0 unspecified atom stereocenters. The fraction of sp³-hybridized carbons (Fsp3) is 0.333. The first-order valence-electron chi connectivity index (χ1n) is 2.43. The molecule has 0 aromatic rings. The molecule has 1 aliphatic heterocycles. The van der Waals surface area contributed by atoms with Crippen molar-refractivity contribution in [1.29, 1.82) is 0 Å². The van der Waals surface area contributed by atoms with Gasteiger partial charge >= 0.3 is 0 Å². The van der Waals surface area contributed by atoms with Crippen LogP contribution in [-0.4, -0.2) is 18.5 Å². The van der Waals surface area contributed by atoms with E-state index in [1.807, 2.05) is 6.08 Å². The van der Waals surface area contributed by atoms with E-state index < -0.39 is 0 Å². The van der Waals surface area contributed by atoms with Crippen LogP contribution in [0.3, 0.4) is 0 Å². The van der Waals surface area contributed by atoms with Crippen molar-refractivity contribution in [2.75, 3.05) is 13.6 Å². The van der Waals surface area contributed by atoms with E-state index >= 15 is 0 Å². The Kier molecular flexibility index (Phi) is 3.61. The van der Waals surface area contributed by atoms with Gasteiger partial charge in [-0.25, -0.2) is 0 Å². The average molecular weight is 176 g/mol. The predicted molar refractivity (Wildman–Crippen MR) is 41.2 cm³/mol. The minimum absolute atomic E-state index is 0. The van der Waals surface area contributed by atoms with E-state index in [0.29, 0.717) is 0 Å². The molecule has 8 heavy (non-hydrogen) atoms. The molecule has 0 spiro atoms. The third-order valence-corrected chi connectivity index (χ3v) is 0.981. The van der Waals surface area contributed by atoms with E-state index in [0.717, 1.165) is 6.54 Å². The molecule has 0 amide bonds. The van der Waals surface area contributed by atoms with Gasteiger partial charge in [0.15, 0.2) is 0 Å². The zero-order valence-corrected chi connectivity index (χ0v) is 6.59. The summed E-state index contributed by atoms with van der Waals surface area (Å²) in [7, 11) is 2.06. The molecule has 0 N–H and O–H groups in total. The Morgan fingerprint density at radius 2 is 2.12 bits per heavy atom. The van der Waals surface area contributed by atoms with E-state index in [2.05, 4.69) is 30.3 Å². The molecule has 1 rings (SSSR count). The summed E-state index contributed by atoms with van der Waals surface area (Å²) in [5, 5.41) is 0. The molecule has 0 aromatic carbocycles. The highest BCUT2D eigenvalue weighted by atomic mass is 79.9. The minimum atomic E-state index is 0. The maximum absolute atomic E-state index is 2.12. The fourth-order valence-corrected chi connectivity index (χ4v) is 0.563. The highest BCUT2D eigenvalue weighted by Gasteiger charge is 1.86. The van der Waals surface area contributed by atoms with Crippen LogP contribution in [0.2, 0.25) is 0 Å². The lowest BCUT2D eigenvalue weighted by Gasteiger charge is -2.11. The summed E-state index contributed by atoms with van der Waals surface area (Å²) < 4.78 is 0. The first-order chi connectivity index (χ1) is 3.39. The van der Waals surface area contributed by atoms with E-state index in [1.54, 1.807) is 0 Å². The molecule has 2 heteroatoms. The number of hydrogen-bond donors (Lipinski definition) is 0. The molecule has 0 bridgehead atoms. The van der Waals surface area contributed by atoms with Gasteiger partial charge in [-0.3, -0.25) is 0 Å². The monoisotopic (exact) mass is 175 g/mol. The Balaban J connectivity index is 0.000000490. The van der Waals surface area contributed by atoms with Gasteiger partial charge in [0.25, 0.3) is 0 Å². The van der Waals surface area contributed by atoms with Crippen LogP contribution in [0.15, 0.2) is 24.4 Å². The van der Waals surface area contributed by atoms with Gasteiger partial charge in [0.2, 0.25) is 0 Å². The third-order valence-electron chi connectivity index (χ3n) is 0.981. The average Bonchev–Trinajstić information content (AvgIpc) is 1.69. The number of allylic oxidation sites excluding steroid dienone is 2. The lowest BCUT2D eigenvalue weighted by Crippen LogP contribution is -2.11. The summed E-state index contributed by atoms with van der Waals surface area (Å²) in [5.41, 5.74) is 0. The van der Waals surface area contributed by atoms with Crippen molar-refractivity contribution in [2.24, 2.45) is 0 Å². The standard InChI is InChI=1S/C6H9N.BrH/c1-7-5-3-2-4-6-7;/h2-5H,6H2,1H3;1H. The van der Waals surface area contributed by atoms with E-state index in [1.165, 1.54) is 0 Å². The zero-order valence-electron chi connectivity index (χ0n) is 4.87. The van der Waals surface area contributed by atoms with E-state index in [4.69, 9.17) is 0 Å². The van der Waals surface area contributed by atoms with Gasteiger partial charge < -0.3 is 4.90 Å². The lowest BCUT2D eigenvalue weighted by molar-refractivity contribution is 0.505. The second kappa shape index (κ2) is 3.72. The topological polar surface area (TPSA) is 3.24 Å². The smallest absolute Gasteiger partial charge is 0.0353 e. The first kappa shape index (κ1) is 7.76. The van der Waals surface area contributed by atoms with Gasteiger partial charge in [-0.05, 0) is 12.3 Å². The SMILES string of the molecule is Br.CN1C=CC=CC1. The summed E-state index contributed by atoms with van der Waals surface area (Å²) in [6.45, 7) is 1.05. The molecule has 0 radical (unpaired) electrons. The van der Waals surface area contributed by atoms with Crippen LogP contribution in [0.25, 0.3) is 0 Å².